The molecule has 11 heteroatoms. The molecule has 5 heterocycles. The predicted molar refractivity (Wildman–Crippen MR) is 182 cm³/mol. The maximum absolute atomic E-state index is 14.1. The lowest BCUT2D eigenvalue weighted by Gasteiger charge is -2.43. The molecule has 0 aliphatic carbocycles. The third-order valence-electron chi connectivity index (χ3n) is 11.0. The molecular weight excluding hydrogens is 592 g/mol. The summed E-state index contributed by atoms with van der Waals surface area (Å²) in [6, 6.07) is 14.7. The number of piperidine rings is 2. The second-order valence-corrected chi connectivity index (χ2v) is 13.9. The van der Waals surface area contributed by atoms with Crippen LogP contribution in [0.5, 0.6) is 0 Å². The first-order valence-electron chi connectivity index (χ1n) is 17.5. The molecule has 0 saturated carbocycles. The van der Waals surface area contributed by atoms with Gasteiger partial charge in [-0.05, 0) is 88.0 Å². The van der Waals surface area contributed by atoms with Gasteiger partial charge in [0, 0.05) is 75.4 Å². The van der Waals surface area contributed by atoms with Crippen LogP contribution in [0.2, 0.25) is 0 Å². The highest BCUT2D eigenvalue weighted by atomic mass is 16.2. The number of nitrogens with zero attached hydrogens (tertiary/aromatic N) is 6. The van der Waals surface area contributed by atoms with Gasteiger partial charge in [0.1, 0.15) is 0 Å². The Morgan fingerprint density at radius 3 is 2.40 bits per heavy atom. The molecule has 4 amide bonds. The number of amides is 4. The van der Waals surface area contributed by atoms with Crippen molar-refractivity contribution in [2.24, 2.45) is 5.92 Å². The standard InChI is InChI=1S/C36H48N8O3/c1-40-13-9-30(10-14-40)41-18-20-43(21-19-41)35(46)28(22-26-6-7-33-29(23-26)25-37-39-33)24-34(45)42-15-11-31(12-16-42)44-17-8-27-4-2-3-5-32(27)38-36(44)47/h2-7,23,25,28,30-31H,8-22,24H2,1H3,(H,37,39)(H,38,47). The SMILES string of the molecule is CN1CCC(N2CCN(C(=O)C(CC(=O)N3CCC(N4CCc5ccccc5NC4=O)CC3)Cc3ccc4[nH]ncc4c3)CC2)CC1. The molecule has 47 heavy (non-hydrogen) atoms. The quantitative estimate of drug-likeness (QED) is 0.410. The highest BCUT2D eigenvalue weighted by Gasteiger charge is 2.35. The Labute approximate surface area is 277 Å². The van der Waals surface area contributed by atoms with E-state index in [9.17, 15) is 14.4 Å². The fourth-order valence-corrected chi connectivity index (χ4v) is 8.08. The molecule has 1 aromatic heterocycles. The van der Waals surface area contributed by atoms with Gasteiger partial charge in [-0.1, -0.05) is 24.3 Å². The number of rotatable bonds is 7. The van der Waals surface area contributed by atoms with E-state index < -0.39 is 5.92 Å². The minimum Gasteiger partial charge on any atom is -0.343 e. The van der Waals surface area contributed by atoms with E-state index in [0.29, 0.717) is 45.2 Å². The van der Waals surface area contributed by atoms with Gasteiger partial charge in [-0.25, -0.2) is 4.79 Å². The van der Waals surface area contributed by atoms with E-state index in [1.807, 2.05) is 45.0 Å². The molecule has 0 radical (unpaired) electrons. The maximum Gasteiger partial charge on any atom is 0.322 e. The number of anilines is 1. The average Bonchev–Trinajstić information content (AvgIpc) is 3.50. The summed E-state index contributed by atoms with van der Waals surface area (Å²) in [6.45, 7) is 7.33. The Balaban J connectivity index is 0.981. The number of benzene rings is 2. The second-order valence-electron chi connectivity index (χ2n) is 13.9. The van der Waals surface area contributed by atoms with Crippen molar-refractivity contribution in [2.45, 2.75) is 57.0 Å². The largest absolute Gasteiger partial charge is 0.343 e. The van der Waals surface area contributed by atoms with Crippen molar-refractivity contribution in [3.63, 3.8) is 0 Å². The molecular formula is C36H48N8O3. The fraction of sp³-hybridized carbons (Fsp3) is 0.556. The molecule has 250 valence electrons. The van der Waals surface area contributed by atoms with Gasteiger partial charge in [0.2, 0.25) is 11.8 Å². The molecule has 11 nitrogen and oxygen atoms in total. The Bertz CT molecular complexity index is 1570. The lowest BCUT2D eigenvalue weighted by molar-refractivity contribution is -0.143. The fourth-order valence-electron chi connectivity index (χ4n) is 8.08. The molecule has 3 aromatic rings. The molecule has 3 fully saturated rings. The average molecular weight is 641 g/mol. The summed E-state index contributed by atoms with van der Waals surface area (Å²) < 4.78 is 0. The van der Waals surface area contributed by atoms with Crippen LogP contribution >= 0.6 is 0 Å². The van der Waals surface area contributed by atoms with Crippen LogP contribution in [0.25, 0.3) is 10.9 Å². The Morgan fingerprint density at radius 2 is 1.62 bits per heavy atom. The molecule has 2 N–H and O–H groups in total. The molecule has 3 saturated heterocycles. The van der Waals surface area contributed by atoms with Gasteiger partial charge in [0.05, 0.1) is 17.6 Å². The van der Waals surface area contributed by atoms with Crippen molar-refractivity contribution < 1.29 is 14.4 Å². The first-order chi connectivity index (χ1) is 22.9. The van der Waals surface area contributed by atoms with Crippen molar-refractivity contribution in [3.8, 4) is 0 Å². The number of likely N-dealkylation sites (tertiary alicyclic amines) is 2. The Kier molecular flexibility index (Phi) is 9.44. The van der Waals surface area contributed by atoms with Crippen LogP contribution in [-0.4, -0.2) is 131 Å². The number of nitrogens with one attached hydrogen (secondary N) is 2. The molecule has 0 spiro atoms. The summed E-state index contributed by atoms with van der Waals surface area (Å²) in [5.41, 5.74) is 4.05. The molecule has 7 rings (SSSR count). The highest BCUT2D eigenvalue weighted by molar-refractivity contribution is 5.91. The van der Waals surface area contributed by atoms with Crippen LogP contribution in [-0.2, 0) is 22.4 Å². The van der Waals surface area contributed by atoms with E-state index in [0.717, 1.165) is 73.2 Å². The van der Waals surface area contributed by atoms with Crippen molar-refractivity contribution >= 4 is 34.4 Å². The minimum atomic E-state index is -0.422. The maximum atomic E-state index is 14.1. The van der Waals surface area contributed by atoms with Gasteiger partial charge in [-0.2, -0.15) is 5.10 Å². The van der Waals surface area contributed by atoms with Crippen LogP contribution in [0.4, 0.5) is 10.5 Å². The van der Waals surface area contributed by atoms with Crippen molar-refractivity contribution in [1.82, 2.24) is 34.7 Å². The van der Waals surface area contributed by atoms with Gasteiger partial charge in [-0.15, -0.1) is 0 Å². The molecule has 2 aromatic carbocycles. The lowest BCUT2D eigenvalue weighted by atomic mass is 9.92. The highest BCUT2D eigenvalue weighted by Crippen LogP contribution is 2.27. The van der Waals surface area contributed by atoms with Gasteiger partial charge in [0.25, 0.3) is 0 Å². The number of H-pyrrole nitrogens is 1. The number of piperazine rings is 1. The van der Waals surface area contributed by atoms with E-state index in [-0.39, 0.29) is 30.3 Å². The van der Waals surface area contributed by atoms with Gasteiger partial charge in [-0.3, -0.25) is 19.6 Å². The molecule has 4 aliphatic heterocycles. The zero-order valence-corrected chi connectivity index (χ0v) is 27.6. The minimum absolute atomic E-state index is 0.0314. The summed E-state index contributed by atoms with van der Waals surface area (Å²) in [7, 11) is 2.19. The van der Waals surface area contributed by atoms with Gasteiger partial charge >= 0.3 is 6.03 Å². The predicted octanol–water partition coefficient (Wildman–Crippen LogP) is 3.43. The topological polar surface area (TPSA) is 108 Å². The van der Waals surface area contributed by atoms with Crippen LogP contribution in [0.15, 0.2) is 48.7 Å². The summed E-state index contributed by atoms with van der Waals surface area (Å²) in [5, 5.41) is 11.2. The smallest absolute Gasteiger partial charge is 0.322 e. The number of fused-ring (bicyclic) bond motifs is 2. The number of aromatic amines is 1. The number of carbonyl (C=O) groups is 3. The number of carbonyl (C=O) groups excluding carboxylic acids is 3. The van der Waals surface area contributed by atoms with Crippen LogP contribution in [0, 0.1) is 5.92 Å². The summed E-state index contributed by atoms with van der Waals surface area (Å²) in [4.78, 5) is 51.9. The van der Waals surface area contributed by atoms with Gasteiger partial charge < -0.3 is 24.9 Å². The first-order valence-corrected chi connectivity index (χ1v) is 17.5. The van der Waals surface area contributed by atoms with E-state index in [2.05, 4.69) is 44.5 Å². The van der Waals surface area contributed by atoms with Crippen LogP contribution < -0.4 is 5.32 Å². The van der Waals surface area contributed by atoms with Gasteiger partial charge in [0.15, 0.2) is 0 Å². The molecule has 1 atom stereocenters. The van der Waals surface area contributed by atoms with E-state index in [4.69, 9.17) is 0 Å². The molecule has 4 aliphatic rings. The number of hydrogen-bond donors (Lipinski definition) is 2. The number of aromatic nitrogens is 2. The first kappa shape index (κ1) is 31.6. The Hall–Kier alpha value is -3.96. The third-order valence-corrected chi connectivity index (χ3v) is 11.0. The number of hydrogen-bond acceptors (Lipinski definition) is 6. The normalized spacial score (nSPS) is 21.4. The van der Waals surface area contributed by atoms with E-state index in [1.165, 1.54) is 12.8 Å². The monoisotopic (exact) mass is 640 g/mol. The lowest BCUT2D eigenvalue weighted by Crippen LogP contribution is -2.55. The molecule has 0 bridgehead atoms. The van der Waals surface area contributed by atoms with Crippen LogP contribution in [0.3, 0.4) is 0 Å². The number of para-hydroxylation sites is 1. The third kappa shape index (κ3) is 7.16. The summed E-state index contributed by atoms with van der Waals surface area (Å²) in [6.07, 6.45) is 7.18. The zero-order valence-electron chi connectivity index (χ0n) is 27.6. The van der Waals surface area contributed by atoms with E-state index >= 15 is 0 Å². The van der Waals surface area contributed by atoms with Crippen molar-refractivity contribution in [3.05, 3.63) is 59.8 Å². The van der Waals surface area contributed by atoms with Crippen molar-refractivity contribution in [2.75, 3.05) is 71.3 Å². The number of urea groups is 1. The summed E-state index contributed by atoms with van der Waals surface area (Å²) >= 11 is 0. The van der Waals surface area contributed by atoms with E-state index in [1.54, 1.807) is 6.20 Å². The zero-order chi connectivity index (χ0) is 32.3. The van der Waals surface area contributed by atoms with Crippen molar-refractivity contribution in [1.29, 1.82) is 0 Å². The summed E-state index contributed by atoms with van der Waals surface area (Å²) in [5.74, 6) is -0.303. The van der Waals surface area contributed by atoms with Crippen LogP contribution in [0.1, 0.15) is 43.2 Å². The molecule has 1 unspecified atom stereocenters. The Morgan fingerprint density at radius 1 is 0.872 bits per heavy atom. The second kappa shape index (κ2) is 14.0.